The fourth-order valence-electron chi connectivity index (χ4n) is 3.32. The molecule has 0 aromatic rings. The van der Waals surface area contributed by atoms with Gasteiger partial charge in [0.2, 0.25) is 5.91 Å². The molecule has 2 rings (SSSR count). The summed E-state index contributed by atoms with van der Waals surface area (Å²) in [5, 5.41) is 10.1. The van der Waals surface area contributed by atoms with Crippen LogP contribution in [0.4, 0.5) is 0 Å². The number of amides is 1. The summed E-state index contributed by atoms with van der Waals surface area (Å²) < 4.78 is 0.265. The van der Waals surface area contributed by atoms with Crippen molar-refractivity contribution >= 4 is 44.0 Å². The maximum Gasteiger partial charge on any atom is 0.237 e. The number of nitrogens with zero attached hydrogens (tertiary/aromatic N) is 1. The molecule has 1 amide bonds. The fourth-order valence-corrected chi connectivity index (χ4v) is 5.27. The van der Waals surface area contributed by atoms with Gasteiger partial charge in [-0.3, -0.25) is 9.59 Å². The molecule has 0 bridgehead atoms. The number of unbranched alkanes of at least 4 members (excludes halogenated alkanes) is 1. The van der Waals surface area contributed by atoms with E-state index in [1.54, 1.807) is 16.7 Å². The number of hydrogen-bond donors (Lipinski definition) is 1. The Balaban J connectivity index is 1.80. The highest BCUT2D eigenvalue weighted by atomic mass is 127. The molecule has 6 heteroatoms. The van der Waals surface area contributed by atoms with E-state index in [1.165, 1.54) is 0 Å². The van der Waals surface area contributed by atoms with Crippen LogP contribution in [0.2, 0.25) is 0 Å². The summed E-state index contributed by atoms with van der Waals surface area (Å²) in [4.78, 5) is 25.5. The Morgan fingerprint density at radius 1 is 1.36 bits per heavy atom. The molecular weight excluding hydrogens is 413 g/mol. The van der Waals surface area contributed by atoms with Crippen LogP contribution in [0, 0.1) is 11.8 Å². The van der Waals surface area contributed by atoms with Gasteiger partial charge in [-0.1, -0.05) is 13.3 Å². The van der Waals surface area contributed by atoms with E-state index in [0.717, 1.165) is 44.3 Å². The van der Waals surface area contributed by atoms with E-state index in [-0.39, 0.29) is 20.9 Å². The molecule has 126 valence electrons. The Bertz CT molecular complexity index is 399. The standard InChI is InChI=1S/C16H26INO3S/c1-2-3-8-22-13-9-14(19)18(16(13)21)10-11-4-6-12(7-5-11)15(17)20/h11-14,19H,2-10H2,1H3. The summed E-state index contributed by atoms with van der Waals surface area (Å²) in [6.45, 7) is 2.81. The number of rotatable bonds is 7. The first-order valence-electron chi connectivity index (χ1n) is 8.32. The molecule has 2 unspecified atom stereocenters. The maximum atomic E-state index is 12.4. The second-order valence-corrected chi connectivity index (χ2v) is 8.82. The number of thioether (sulfide) groups is 1. The zero-order valence-corrected chi connectivity index (χ0v) is 16.1. The smallest absolute Gasteiger partial charge is 0.237 e. The van der Waals surface area contributed by atoms with Crippen LogP contribution in [0.5, 0.6) is 0 Å². The molecule has 4 nitrogen and oxygen atoms in total. The van der Waals surface area contributed by atoms with Crippen molar-refractivity contribution in [2.75, 3.05) is 12.3 Å². The molecule has 1 saturated heterocycles. The first-order chi connectivity index (χ1) is 10.5. The average molecular weight is 439 g/mol. The van der Waals surface area contributed by atoms with Crippen LogP contribution in [0.3, 0.4) is 0 Å². The number of likely N-dealkylation sites (tertiary alicyclic amines) is 1. The molecular formula is C16H26INO3S. The number of halogens is 1. The second kappa shape index (κ2) is 8.87. The van der Waals surface area contributed by atoms with E-state index in [9.17, 15) is 14.7 Å². The van der Waals surface area contributed by atoms with E-state index < -0.39 is 6.23 Å². The van der Waals surface area contributed by atoms with Gasteiger partial charge in [-0.25, -0.2) is 0 Å². The zero-order chi connectivity index (χ0) is 16.1. The van der Waals surface area contributed by atoms with Gasteiger partial charge in [0.1, 0.15) is 6.23 Å². The van der Waals surface area contributed by atoms with Gasteiger partial charge in [-0.05, 0) is 66.4 Å². The van der Waals surface area contributed by atoms with E-state index >= 15 is 0 Å². The van der Waals surface area contributed by atoms with Crippen molar-refractivity contribution in [3.05, 3.63) is 0 Å². The van der Waals surface area contributed by atoms with Gasteiger partial charge < -0.3 is 10.0 Å². The summed E-state index contributed by atoms with van der Waals surface area (Å²) in [5.41, 5.74) is 0. The van der Waals surface area contributed by atoms with Gasteiger partial charge in [0, 0.05) is 18.9 Å². The Labute approximate surface area is 150 Å². The predicted octanol–water partition coefficient (Wildman–Crippen LogP) is 3.21. The zero-order valence-electron chi connectivity index (χ0n) is 13.2. The van der Waals surface area contributed by atoms with E-state index in [4.69, 9.17) is 0 Å². The quantitative estimate of drug-likeness (QED) is 0.376. The highest BCUT2D eigenvalue weighted by Crippen LogP contribution is 2.34. The van der Waals surface area contributed by atoms with E-state index in [0.29, 0.717) is 18.9 Å². The van der Waals surface area contributed by atoms with Crippen molar-refractivity contribution < 1.29 is 14.7 Å². The Morgan fingerprint density at radius 2 is 2.05 bits per heavy atom. The lowest BCUT2D eigenvalue weighted by atomic mass is 9.82. The van der Waals surface area contributed by atoms with Crippen LogP contribution in [-0.2, 0) is 9.59 Å². The lowest BCUT2D eigenvalue weighted by molar-refractivity contribution is -0.134. The molecule has 0 radical (unpaired) electrons. The van der Waals surface area contributed by atoms with Gasteiger partial charge in [-0.2, -0.15) is 0 Å². The number of carbonyl (C=O) groups excluding carboxylic acids is 2. The Kier molecular flexibility index (Phi) is 7.47. The first-order valence-corrected chi connectivity index (χ1v) is 10.4. The average Bonchev–Trinajstić information content (AvgIpc) is 2.76. The van der Waals surface area contributed by atoms with Gasteiger partial charge in [0.05, 0.1) is 5.25 Å². The summed E-state index contributed by atoms with van der Waals surface area (Å²) in [5.74, 6) is 1.75. The van der Waals surface area contributed by atoms with Crippen molar-refractivity contribution in [1.29, 1.82) is 0 Å². The Morgan fingerprint density at radius 3 is 2.64 bits per heavy atom. The molecule has 1 aliphatic carbocycles. The van der Waals surface area contributed by atoms with Crippen LogP contribution in [-0.4, -0.2) is 43.5 Å². The maximum absolute atomic E-state index is 12.4. The summed E-state index contributed by atoms with van der Waals surface area (Å²) >= 11 is 3.59. The SMILES string of the molecule is CCCCSC1CC(O)N(CC2CCC(C(=O)I)CC2)C1=O. The molecule has 1 heterocycles. The van der Waals surface area contributed by atoms with Crippen molar-refractivity contribution in [2.45, 2.75) is 63.3 Å². The molecule has 0 aromatic heterocycles. The van der Waals surface area contributed by atoms with E-state index in [1.807, 2.05) is 22.6 Å². The van der Waals surface area contributed by atoms with Crippen molar-refractivity contribution in [2.24, 2.45) is 11.8 Å². The molecule has 0 spiro atoms. The highest BCUT2D eigenvalue weighted by molar-refractivity contribution is 14.1. The Hall–Kier alpha value is 0.180. The number of aliphatic hydroxyl groups is 1. The van der Waals surface area contributed by atoms with Crippen LogP contribution in [0.15, 0.2) is 0 Å². The predicted molar refractivity (Wildman–Crippen MR) is 98.0 cm³/mol. The molecule has 1 saturated carbocycles. The van der Waals surface area contributed by atoms with Gasteiger partial charge in [0.25, 0.3) is 0 Å². The summed E-state index contributed by atoms with van der Waals surface area (Å²) in [7, 11) is 0. The number of carbonyl (C=O) groups is 2. The lowest BCUT2D eigenvalue weighted by Gasteiger charge is -2.31. The van der Waals surface area contributed by atoms with Crippen LogP contribution >= 0.6 is 34.4 Å². The van der Waals surface area contributed by atoms with E-state index in [2.05, 4.69) is 6.92 Å². The van der Waals surface area contributed by atoms with Crippen molar-refractivity contribution in [3.63, 3.8) is 0 Å². The van der Waals surface area contributed by atoms with Crippen molar-refractivity contribution in [3.8, 4) is 0 Å². The summed E-state index contributed by atoms with van der Waals surface area (Å²) in [6.07, 6.45) is 6.05. The van der Waals surface area contributed by atoms with Crippen molar-refractivity contribution in [1.82, 2.24) is 4.90 Å². The molecule has 2 atom stereocenters. The highest BCUT2D eigenvalue weighted by Gasteiger charge is 2.40. The number of hydrogen-bond acceptors (Lipinski definition) is 4. The minimum absolute atomic E-state index is 0.0613. The third kappa shape index (κ3) is 4.84. The topological polar surface area (TPSA) is 57.6 Å². The second-order valence-electron chi connectivity index (χ2n) is 6.44. The molecule has 1 N–H and O–H groups in total. The largest absolute Gasteiger partial charge is 0.373 e. The van der Waals surface area contributed by atoms with Gasteiger partial charge in [0.15, 0.2) is 3.79 Å². The molecule has 0 aromatic carbocycles. The normalized spacial score (nSPS) is 32.5. The molecule has 22 heavy (non-hydrogen) atoms. The molecule has 2 aliphatic rings. The van der Waals surface area contributed by atoms with Crippen LogP contribution < -0.4 is 0 Å². The van der Waals surface area contributed by atoms with Gasteiger partial charge >= 0.3 is 0 Å². The monoisotopic (exact) mass is 439 g/mol. The van der Waals surface area contributed by atoms with Gasteiger partial charge in [-0.15, -0.1) is 11.8 Å². The van der Waals surface area contributed by atoms with Crippen LogP contribution in [0.25, 0.3) is 0 Å². The number of aliphatic hydroxyl groups excluding tert-OH is 1. The minimum atomic E-state index is -0.615. The fraction of sp³-hybridized carbons (Fsp3) is 0.875. The lowest BCUT2D eigenvalue weighted by Crippen LogP contribution is -2.39. The summed E-state index contributed by atoms with van der Waals surface area (Å²) in [6, 6.07) is 0. The van der Waals surface area contributed by atoms with Crippen LogP contribution in [0.1, 0.15) is 51.9 Å². The molecule has 2 fully saturated rings. The molecule has 1 aliphatic heterocycles. The minimum Gasteiger partial charge on any atom is -0.373 e. The third-order valence-corrected chi connectivity index (χ3v) is 6.98. The third-order valence-electron chi connectivity index (χ3n) is 4.78. The first kappa shape index (κ1) is 18.5.